The molecule has 1 atom stereocenters. The van der Waals surface area contributed by atoms with E-state index in [4.69, 9.17) is 0 Å². The largest absolute Gasteiger partial charge is 0.348 e. The Balaban J connectivity index is 2.03. The standard InChI is InChI=1S/C12H16BrNOS/c1-12(2)7-3-4-9(12)14-11(15)8-5-6-10(13)16-8/h5-6,9H,3-4,7H2,1-2H3,(H,14,15). The molecule has 0 aliphatic heterocycles. The molecule has 88 valence electrons. The van der Waals surface area contributed by atoms with E-state index in [0.717, 1.165) is 15.1 Å². The quantitative estimate of drug-likeness (QED) is 0.884. The molecule has 16 heavy (non-hydrogen) atoms. The van der Waals surface area contributed by atoms with Crippen LogP contribution >= 0.6 is 27.3 Å². The summed E-state index contributed by atoms with van der Waals surface area (Å²) in [4.78, 5) is 12.8. The molecule has 1 fully saturated rings. The normalized spacial score (nSPS) is 23.3. The lowest BCUT2D eigenvalue weighted by atomic mass is 9.87. The van der Waals surface area contributed by atoms with Gasteiger partial charge in [-0.3, -0.25) is 4.79 Å². The van der Waals surface area contributed by atoms with Crippen LogP contribution in [0.25, 0.3) is 0 Å². The van der Waals surface area contributed by atoms with E-state index >= 15 is 0 Å². The van der Waals surface area contributed by atoms with Crippen molar-refractivity contribution in [1.29, 1.82) is 0 Å². The van der Waals surface area contributed by atoms with E-state index in [-0.39, 0.29) is 11.3 Å². The van der Waals surface area contributed by atoms with Crippen molar-refractivity contribution in [3.05, 3.63) is 20.8 Å². The second-order valence-corrected chi connectivity index (χ2v) is 7.47. The molecule has 0 radical (unpaired) electrons. The molecular formula is C12H16BrNOS. The molecule has 0 spiro atoms. The number of carbonyl (C=O) groups is 1. The van der Waals surface area contributed by atoms with Crippen LogP contribution in [0.1, 0.15) is 42.8 Å². The number of hydrogen-bond acceptors (Lipinski definition) is 2. The summed E-state index contributed by atoms with van der Waals surface area (Å²) >= 11 is 4.86. The molecule has 2 rings (SSSR count). The Morgan fingerprint density at radius 1 is 1.56 bits per heavy atom. The SMILES string of the molecule is CC1(C)CCCC1NC(=O)c1ccc(Br)s1. The Morgan fingerprint density at radius 2 is 2.31 bits per heavy atom. The van der Waals surface area contributed by atoms with Gasteiger partial charge in [-0.1, -0.05) is 20.3 Å². The van der Waals surface area contributed by atoms with Crippen molar-refractivity contribution in [3.63, 3.8) is 0 Å². The Labute approximate surface area is 109 Å². The van der Waals surface area contributed by atoms with Crippen molar-refractivity contribution in [2.45, 2.75) is 39.2 Å². The highest BCUT2D eigenvalue weighted by Gasteiger charge is 2.35. The van der Waals surface area contributed by atoms with Gasteiger partial charge in [-0.15, -0.1) is 11.3 Å². The zero-order valence-corrected chi connectivity index (χ0v) is 12.0. The summed E-state index contributed by atoms with van der Waals surface area (Å²) in [6, 6.07) is 4.10. The van der Waals surface area contributed by atoms with E-state index in [9.17, 15) is 4.79 Å². The van der Waals surface area contributed by atoms with Crippen molar-refractivity contribution < 1.29 is 4.79 Å². The van der Waals surface area contributed by atoms with Gasteiger partial charge in [0.15, 0.2) is 0 Å². The third-order valence-electron chi connectivity index (χ3n) is 3.36. The van der Waals surface area contributed by atoms with E-state index in [1.54, 1.807) is 0 Å². The number of halogens is 1. The van der Waals surface area contributed by atoms with Gasteiger partial charge < -0.3 is 5.32 Å². The van der Waals surface area contributed by atoms with Gasteiger partial charge in [0.1, 0.15) is 0 Å². The van der Waals surface area contributed by atoms with E-state index in [1.807, 2.05) is 12.1 Å². The molecule has 1 heterocycles. The number of nitrogens with one attached hydrogen (secondary N) is 1. The van der Waals surface area contributed by atoms with Crippen LogP contribution < -0.4 is 5.32 Å². The Kier molecular flexibility index (Phi) is 3.40. The van der Waals surface area contributed by atoms with Gasteiger partial charge in [0.2, 0.25) is 0 Å². The summed E-state index contributed by atoms with van der Waals surface area (Å²) in [7, 11) is 0. The third kappa shape index (κ3) is 2.48. The molecule has 1 aromatic heterocycles. The summed E-state index contributed by atoms with van der Waals surface area (Å²) in [5.41, 5.74) is 0.240. The number of amides is 1. The highest BCUT2D eigenvalue weighted by molar-refractivity contribution is 9.11. The fourth-order valence-corrected chi connectivity index (χ4v) is 3.55. The molecule has 1 aromatic rings. The molecule has 1 unspecified atom stereocenters. The number of hydrogen-bond donors (Lipinski definition) is 1. The van der Waals surface area contributed by atoms with Gasteiger partial charge in [-0.05, 0) is 46.3 Å². The molecule has 0 aromatic carbocycles. The average molecular weight is 302 g/mol. The van der Waals surface area contributed by atoms with Crippen molar-refractivity contribution in [1.82, 2.24) is 5.32 Å². The molecule has 0 bridgehead atoms. The van der Waals surface area contributed by atoms with Crippen LogP contribution in [0.2, 0.25) is 0 Å². The minimum atomic E-state index is 0.0654. The number of carbonyl (C=O) groups excluding carboxylic acids is 1. The van der Waals surface area contributed by atoms with Crippen LogP contribution in [-0.2, 0) is 0 Å². The average Bonchev–Trinajstić information content (AvgIpc) is 2.74. The van der Waals surface area contributed by atoms with E-state index in [1.165, 1.54) is 24.2 Å². The minimum Gasteiger partial charge on any atom is -0.348 e. The Morgan fingerprint density at radius 3 is 2.81 bits per heavy atom. The summed E-state index contributed by atoms with van der Waals surface area (Å²) in [6.07, 6.45) is 3.52. The van der Waals surface area contributed by atoms with Gasteiger partial charge in [-0.2, -0.15) is 0 Å². The van der Waals surface area contributed by atoms with Crippen LogP contribution in [0, 0.1) is 5.41 Å². The number of thiophene rings is 1. The van der Waals surface area contributed by atoms with E-state index in [0.29, 0.717) is 6.04 Å². The first kappa shape index (κ1) is 12.1. The first-order chi connectivity index (χ1) is 7.49. The zero-order chi connectivity index (χ0) is 11.8. The Bertz CT molecular complexity index is 399. The molecule has 1 amide bonds. The maximum Gasteiger partial charge on any atom is 0.261 e. The lowest BCUT2D eigenvalue weighted by Crippen LogP contribution is -2.41. The highest BCUT2D eigenvalue weighted by atomic mass is 79.9. The zero-order valence-electron chi connectivity index (χ0n) is 9.55. The monoisotopic (exact) mass is 301 g/mol. The molecule has 2 nitrogen and oxygen atoms in total. The van der Waals surface area contributed by atoms with Crippen molar-refractivity contribution in [3.8, 4) is 0 Å². The van der Waals surface area contributed by atoms with Crippen molar-refractivity contribution in [2.24, 2.45) is 5.41 Å². The fourth-order valence-electron chi connectivity index (χ4n) is 2.26. The van der Waals surface area contributed by atoms with Gasteiger partial charge in [0, 0.05) is 6.04 Å². The maximum atomic E-state index is 12.0. The van der Waals surface area contributed by atoms with Crippen LogP contribution in [-0.4, -0.2) is 11.9 Å². The molecular weight excluding hydrogens is 286 g/mol. The van der Waals surface area contributed by atoms with Crippen LogP contribution in [0.3, 0.4) is 0 Å². The predicted octanol–water partition coefficient (Wildman–Crippen LogP) is 3.82. The van der Waals surface area contributed by atoms with Crippen LogP contribution in [0.5, 0.6) is 0 Å². The van der Waals surface area contributed by atoms with Crippen LogP contribution in [0.15, 0.2) is 15.9 Å². The van der Waals surface area contributed by atoms with Crippen molar-refractivity contribution >= 4 is 33.2 Å². The van der Waals surface area contributed by atoms with E-state index < -0.39 is 0 Å². The molecule has 1 N–H and O–H groups in total. The lowest BCUT2D eigenvalue weighted by Gasteiger charge is -2.27. The third-order valence-corrected chi connectivity index (χ3v) is 4.98. The first-order valence-corrected chi connectivity index (χ1v) is 7.16. The predicted molar refractivity (Wildman–Crippen MR) is 70.9 cm³/mol. The molecule has 1 aliphatic rings. The van der Waals surface area contributed by atoms with E-state index in [2.05, 4.69) is 35.1 Å². The fraction of sp³-hybridized carbons (Fsp3) is 0.583. The van der Waals surface area contributed by atoms with Crippen molar-refractivity contribution in [2.75, 3.05) is 0 Å². The summed E-state index contributed by atoms with van der Waals surface area (Å²) < 4.78 is 1.00. The molecule has 0 saturated heterocycles. The second-order valence-electron chi connectivity index (χ2n) is 5.01. The maximum absolute atomic E-state index is 12.0. The van der Waals surface area contributed by atoms with Gasteiger partial charge in [0.05, 0.1) is 8.66 Å². The topological polar surface area (TPSA) is 29.1 Å². The molecule has 1 aliphatic carbocycles. The Hall–Kier alpha value is -0.350. The first-order valence-electron chi connectivity index (χ1n) is 5.55. The van der Waals surface area contributed by atoms with Gasteiger partial charge in [0.25, 0.3) is 5.91 Å². The second kappa shape index (κ2) is 4.49. The van der Waals surface area contributed by atoms with Crippen LogP contribution in [0.4, 0.5) is 0 Å². The minimum absolute atomic E-state index is 0.0654. The summed E-state index contributed by atoms with van der Waals surface area (Å²) in [5.74, 6) is 0.0654. The van der Waals surface area contributed by atoms with Gasteiger partial charge in [-0.25, -0.2) is 0 Å². The summed E-state index contributed by atoms with van der Waals surface area (Å²) in [6.45, 7) is 4.46. The smallest absolute Gasteiger partial charge is 0.261 e. The molecule has 1 saturated carbocycles. The highest BCUT2D eigenvalue weighted by Crippen LogP contribution is 2.37. The van der Waals surface area contributed by atoms with Gasteiger partial charge >= 0.3 is 0 Å². The number of rotatable bonds is 2. The summed E-state index contributed by atoms with van der Waals surface area (Å²) in [5, 5.41) is 3.15. The lowest BCUT2D eigenvalue weighted by molar-refractivity contribution is 0.0914. The molecule has 4 heteroatoms.